The molecule has 162 valence electrons. The summed E-state index contributed by atoms with van der Waals surface area (Å²) < 4.78 is 10.4. The highest BCUT2D eigenvalue weighted by Gasteiger charge is 2.37. The van der Waals surface area contributed by atoms with Crippen LogP contribution in [0, 0.1) is 11.3 Å². The molecule has 0 saturated carbocycles. The van der Waals surface area contributed by atoms with Crippen LogP contribution >= 0.6 is 11.3 Å². The minimum absolute atomic E-state index is 0.215. The first-order chi connectivity index (χ1) is 13.4. The van der Waals surface area contributed by atoms with Crippen molar-refractivity contribution in [3.05, 3.63) is 16.0 Å². The number of nitrogens with one attached hydrogen (secondary N) is 1. The highest BCUT2D eigenvalue weighted by Crippen LogP contribution is 2.45. The lowest BCUT2D eigenvalue weighted by molar-refractivity contribution is -0.160. The summed E-state index contributed by atoms with van der Waals surface area (Å²) in [6.07, 6.45) is 3.76. The van der Waals surface area contributed by atoms with E-state index in [4.69, 9.17) is 9.47 Å². The molecule has 0 aromatic carbocycles. The Labute approximate surface area is 177 Å². The van der Waals surface area contributed by atoms with E-state index in [-0.39, 0.29) is 12.0 Å². The summed E-state index contributed by atoms with van der Waals surface area (Å²) in [6.45, 7) is 13.1. The van der Waals surface area contributed by atoms with Crippen LogP contribution in [0.15, 0.2) is 0 Å². The summed E-state index contributed by atoms with van der Waals surface area (Å²) in [5, 5.41) is 3.30. The van der Waals surface area contributed by atoms with E-state index in [2.05, 4.69) is 26.1 Å². The van der Waals surface area contributed by atoms with E-state index in [9.17, 15) is 14.4 Å². The van der Waals surface area contributed by atoms with Gasteiger partial charge in [-0.2, -0.15) is 0 Å². The van der Waals surface area contributed by atoms with E-state index < -0.39 is 23.4 Å². The predicted octanol–water partition coefficient (Wildman–Crippen LogP) is 4.75. The van der Waals surface area contributed by atoms with E-state index >= 15 is 0 Å². The number of hydrogen-bond acceptors (Lipinski definition) is 6. The van der Waals surface area contributed by atoms with Gasteiger partial charge in [-0.25, -0.2) is 4.79 Å². The Balaban J connectivity index is 2.39. The molecule has 1 unspecified atom stereocenters. The highest BCUT2D eigenvalue weighted by atomic mass is 32.1. The largest absolute Gasteiger partial charge is 0.462 e. The maximum Gasteiger partial charge on any atom is 0.341 e. The third-order valence-electron chi connectivity index (χ3n) is 5.93. The van der Waals surface area contributed by atoms with E-state index in [1.165, 1.54) is 32.1 Å². The summed E-state index contributed by atoms with van der Waals surface area (Å²) in [5.41, 5.74) is 0.311. The molecule has 1 heterocycles. The summed E-state index contributed by atoms with van der Waals surface area (Å²) >= 11 is 1.44. The Morgan fingerprint density at radius 3 is 2.38 bits per heavy atom. The van der Waals surface area contributed by atoms with E-state index in [1.54, 1.807) is 6.92 Å². The lowest BCUT2D eigenvalue weighted by atomic mass is 9.69. The van der Waals surface area contributed by atoms with Crippen LogP contribution in [-0.4, -0.2) is 30.1 Å². The molecule has 1 atom stereocenters. The van der Waals surface area contributed by atoms with Crippen LogP contribution in [0.5, 0.6) is 0 Å². The molecule has 1 aliphatic carbocycles. The maximum absolute atomic E-state index is 12.8. The summed E-state index contributed by atoms with van der Waals surface area (Å²) in [6, 6.07) is 0. The zero-order valence-electron chi connectivity index (χ0n) is 18.6. The van der Waals surface area contributed by atoms with Crippen LogP contribution in [0.2, 0.25) is 0 Å². The average molecular weight is 424 g/mol. The number of hydrogen-bond donors (Lipinski definition) is 1. The van der Waals surface area contributed by atoms with Crippen molar-refractivity contribution in [2.24, 2.45) is 11.3 Å². The molecule has 1 aromatic heterocycles. The van der Waals surface area contributed by atoms with Crippen molar-refractivity contribution in [3.8, 4) is 0 Å². The van der Waals surface area contributed by atoms with Gasteiger partial charge in [-0.3, -0.25) is 9.59 Å². The Kier molecular flexibility index (Phi) is 7.14. The Morgan fingerprint density at radius 1 is 1.17 bits per heavy atom. The monoisotopic (exact) mass is 423 g/mol. The first-order valence-electron chi connectivity index (χ1n) is 10.3. The first kappa shape index (κ1) is 23.4. The van der Waals surface area contributed by atoms with Crippen LogP contribution < -0.4 is 5.32 Å². The van der Waals surface area contributed by atoms with Crippen molar-refractivity contribution in [1.29, 1.82) is 0 Å². The smallest absolute Gasteiger partial charge is 0.341 e. The molecule has 7 heteroatoms. The van der Waals surface area contributed by atoms with Gasteiger partial charge in [0.25, 0.3) is 5.91 Å². The number of fused-ring (bicyclic) bond motifs is 1. The van der Waals surface area contributed by atoms with Gasteiger partial charge in [0.05, 0.1) is 12.2 Å². The topological polar surface area (TPSA) is 81.7 Å². The lowest BCUT2D eigenvalue weighted by Gasteiger charge is -2.36. The fraction of sp³-hybridized carbons (Fsp3) is 0.682. The Bertz CT molecular complexity index is 793. The van der Waals surface area contributed by atoms with Gasteiger partial charge >= 0.3 is 11.9 Å². The number of carbonyl (C=O) groups excluding carboxylic acids is 3. The summed E-state index contributed by atoms with van der Waals surface area (Å²) in [7, 11) is 0. The number of rotatable bonds is 7. The van der Waals surface area contributed by atoms with Crippen molar-refractivity contribution in [3.63, 3.8) is 0 Å². The van der Waals surface area contributed by atoms with Crippen LogP contribution in [-0.2, 0) is 31.9 Å². The Morgan fingerprint density at radius 2 is 1.83 bits per heavy atom. The summed E-state index contributed by atoms with van der Waals surface area (Å²) in [5.74, 6) is -0.901. The van der Waals surface area contributed by atoms with Crippen molar-refractivity contribution < 1.29 is 23.9 Å². The minimum Gasteiger partial charge on any atom is -0.462 e. The molecule has 0 radical (unpaired) electrons. The van der Waals surface area contributed by atoms with Gasteiger partial charge in [0.15, 0.2) is 5.60 Å². The molecule has 1 aromatic rings. The quantitative estimate of drug-likeness (QED) is 0.640. The van der Waals surface area contributed by atoms with Gasteiger partial charge in [0, 0.05) is 11.8 Å². The number of thiophene rings is 1. The Hall–Kier alpha value is -1.89. The second kappa shape index (κ2) is 8.86. The van der Waals surface area contributed by atoms with Crippen molar-refractivity contribution >= 4 is 34.2 Å². The normalized spacial score (nSPS) is 16.7. The second-order valence-electron chi connectivity index (χ2n) is 8.77. The van der Waals surface area contributed by atoms with Crippen LogP contribution in [0.4, 0.5) is 5.00 Å². The van der Waals surface area contributed by atoms with Gasteiger partial charge in [0.2, 0.25) is 0 Å². The van der Waals surface area contributed by atoms with E-state index in [0.717, 1.165) is 36.1 Å². The fourth-order valence-electron chi connectivity index (χ4n) is 3.71. The van der Waals surface area contributed by atoms with Crippen LogP contribution in [0.25, 0.3) is 0 Å². The van der Waals surface area contributed by atoms with Crippen molar-refractivity contribution in [2.75, 3.05) is 11.9 Å². The second-order valence-corrected chi connectivity index (χ2v) is 9.87. The van der Waals surface area contributed by atoms with Crippen LogP contribution in [0.1, 0.15) is 82.1 Å². The predicted molar refractivity (Wildman–Crippen MR) is 114 cm³/mol. The van der Waals surface area contributed by atoms with E-state index in [0.29, 0.717) is 16.5 Å². The van der Waals surface area contributed by atoms with Crippen molar-refractivity contribution in [1.82, 2.24) is 0 Å². The molecule has 6 nitrogen and oxygen atoms in total. The molecule has 0 saturated heterocycles. The maximum atomic E-state index is 12.8. The van der Waals surface area contributed by atoms with E-state index in [1.807, 2.05) is 0 Å². The minimum atomic E-state index is -1.34. The number of anilines is 1. The average Bonchev–Trinajstić information content (AvgIpc) is 2.97. The molecule has 2 rings (SSSR count). The van der Waals surface area contributed by atoms with Gasteiger partial charge in [0.1, 0.15) is 5.00 Å². The number of carbonyl (C=O) groups is 3. The molecule has 0 aliphatic heterocycles. The number of ether oxygens (including phenoxy) is 2. The fourth-order valence-corrected chi connectivity index (χ4v) is 5.02. The molecule has 0 spiro atoms. The van der Waals surface area contributed by atoms with Gasteiger partial charge in [-0.15, -0.1) is 11.3 Å². The number of amides is 1. The van der Waals surface area contributed by atoms with Gasteiger partial charge in [-0.05, 0) is 56.9 Å². The molecular weight excluding hydrogens is 390 g/mol. The van der Waals surface area contributed by atoms with Gasteiger partial charge < -0.3 is 14.8 Å². The number of esters is 2. The SMILES string of the molecule is CCOC(=O)c1c(NC(=O)C(C)(C)OC(C)=O)sc2c1CCC(C(C)(C)CC)C2. The molecular formula is C22H33NO5S. The third kappa shape index (κ3) is 5.18. The standard InChI is InChI=1S/C22H33NO5S/c1-8-21(4,5)14-10-11-15-16(12-14)29-18(17(15)19(25)27-9-2)23-20(26)22(6,7)28-13(3)24/h14H,8-12H2,1-7H3,(H,23,26). The molecule has 1 N–H and O–H groups in total. The molecule has 0 fully saturated rings. The summed E-state index contributed by atoms with van der Waals surface area (Å²) in [4.78, 5) is 37.9. The molecule has 1 amide bonds. The molecule has 29 heavy (non-hydrogen) atoms. The lowest BCUT2D eigenvalue weighted by Crippen LogP contribution is -2.41. The van der Waals surface area contributed by atoms with Crippen molar-refractivity contribution in [2.45, 2.75) is 79.8 Å². The molecule has 1 aliphatic rings. The molecule has 0 bridgehead atoms. The zero-order valence-corrected chi connectivity index (χ0v) is 19.4. The highest BCUT2D eigenvalue weighted by molar-refractivity contribution is 7.17. The zero-order chi connectivity index (χ0) is 22.0. The third-order valence-corrected chi connectivity index (χ3v) is 7.10. The first-order valence-corrected chi connectivity index (χ1v) is 11.1. The van der Waals surface area contributed by atoms with Crippen LogP contribution in [0.3, 0.4) is 0 Å². The van der Waals surface area contributed by atoms with Gasteiger partial charge in [-0.1, -0.05) is 27.2 Å².